The fourth-order valence-corrected chi connectivity index (χ4v) is 5.32. The minimum atomic E-state index is -0.299. The number of halogens is 1. The number of fused-ring (bicyclic) bond motifs is 1. The van der Waals surface area contributed by atoms with Crippen LogP contribution in [-0.4, -0.2) is 30.5 Å². The fourth-order valence-electron chi connectivity index (χ4n) is 4.42. The van der Waals surface area contributed by atoms with Gasteiger partial charge in [0.15, 0.2) is 5.82 Å². The van der Waals surface area contributed by atoms with Gasteiger partial charge < -0.3 is 4.74 Å². The number of nitrogens with zero attached hydrogens (tertiary/aromatic N) is 5. The molecule has 0 amide bonds. The minimum absolute atomic E-state index is 0.0708. The highest BCUT2D eigenvalue weighted by atomic mass is 32.1. The number of thiazole rings is 1. The highest BCUT2D eigenvalue weighted by molar-refractivity contribution is 7.15. The van der Waals surface area contributed by atoms with E-state index in [1.54, 1.807) is 24.3 Å². The maximum atomic E-state index is 13.3. The third-order valence-electron chi connectivity index (χ3n) is 6.35. The van der Waals surface area contributed by atoms with E-state index >= 15 is 0 Å². The molecule has 3 aromatic carbocycles. The molecule has 204 valence electrons. The number of ether oxygens (including phenoxy) is 1. The Hall–Kier alpha value is -4.89. The molecule has 0 N–H and O–H groups in total. The third-order valence-corrected chi connectivity index (χ3v) is 7.31. The van der Waals surface area contributed by atoms with Crippen molar-refractivity contribution >= 4 is 34.5 Å². The van der Waals surface area contributed by atoms with Crippen molar-refractivity contribution < 1.29 is 9.13 Å². The van der Waals surface area contributed by atoms with Crippen LogP contribution in [-0.2, 0) is 0 Å². The van der Waals surface area contributed by atoms with Crippen molar-refractivity contribution in [2.45, 2.75) is 26.9 Å². The van der Waals surface area contributed by atoms with Gasteiger partial charge in [-0.25, -0.2) is 9.07 Å². The highest BCUT2D eigenvalue weighted by Gasteiger charge is 2.15. The molecule has 0 atom stereocenters. The zero-order chi connectivity index (χ0) is 28.5. The Morgan fingerprint density at radius 1 is 0.976 bits per heavy atom. The summed E-state index contributed by atoms with van der Waals surface area (Å²) in [6.45, 7) is 6.01. The van der Waals surface area contributed by atoms with Crippen LogP contribution in [0.3, 0.4) is 0 Å². The van der Waals surface area contributed by atoms with E-state index in [9.17, 15) is 9.18 Å². The molecule has 6 aromatic rings. The van der Waals surface area contributed by atoms with Crippen LogP contribution in [0.25, 0.3) is 40.1 Å². The lowest BCUT2D eigenvalue weighted by Gasteiger charge is -2.13. The van der Waals surface area contributed by atoms with Gasteiger partial charge in [-0.15, -0.1) is 5.10 Å². The van der Waals surface area contributed by atoms with Gasteiger partial charge in [0.2, 0.25) is 4.96 Å². The number of hydrogen-bond donors (Lipinski definition) is 0. The second kappa shape index (κ2) is 10.9. The SMILES string of the molecule is Cc1cc(-c2nn(-c3ccccc3)cc2/C=c2\sc3nc(/C=C/c4ccc(F)cc4)nn3c2=O)ccc1OC(C)C. The molecule has 0 fully saturated rings. The largest absolute Gasteiger partial charge is 0.491 e. The first-order chi connectivity index (χ1) is 19.8. The first-order valence-electron chi connectivity index (χ1n) is 13.1. The molecule has 0 saturated carbocycles. The first-order valence-corrected chi connectivity index (χ1v) is 13.9. The summed E-state index contributed by atoms with van der Waals surface area (Å²) in [4.78, 5) is 18.3. The van der Waals surface area contributed by atoms with E-state index in [0.717, 1.165) is 39.4 Å². The van der Waals surface area contributed by atoms with E-state index in [2.05, 4.69) is 10.1 Å². The lowest BCUT2D eigenvalue weighted by atomic mass is 10.0. The van der Waals surface area contributed by atoms with Crippen molar-refractivity contribution in [3.8, 4) is 22.7 Å². The molecule has 0 bridgehead atoms. The molecule has 0 aliphatic carbocycles. The van der Waals surface area contributed by atoms with Crippen molar-refractivity contribution in [2.75, 3.05) is 0 Å². The summed E-state index contributed by atoms with van der Waals surface area (Å²) >= 11 is 1.27. The molecular formula is C32H26FN5O2S. The van der Waals surface area contributed by atoms with E-state index in [4.69, 9.17) is 9.84 Å². The van der Waals surface area contributed by atoms with Crippen molar-refractivity contribution in [2.24, 2.45) is 0 Å². The van der Waals surface area contributed by atoms with Crippen molar-refractivity contribution in [1.82, 2.24) is 24.4 Å². The molecule has 0 aliphatic heterocycles. The topological polar surface area (TPSA) is 74.3 Å². The Balaban J connectivity index is 1.40. The average molecular weight is 564 g/mol. The molecule has 3 aromatic heterocycles. The molecule has 0 saturated heterocycles. The lowest BCUT2D eigenvalue weighted by Crippen LogP contribution is -2.23. The highest BCUT2D eigenvalue weighted by Crippen LogP contribution is 2.29. The summed E-state index contributed by atoms with van der Waals surface area (Å²) < 4.78 is 22.7. The maximum Gasteiger partial charge on any atom is 0.291 e. The van der Waals surface area contributed by atoms with Gasteiger partial charge in [-0.05, 0) is 86.5 Å². The zero-order valence-corrected chi connectivity index (χ0v) is 23.5. The molecule has 9 heteroatoms. The van der Waals surface area contributed by atoms with Crippen LogP contribution in [0, 0.1) is 12.7 Å². The van der Waals surface area contributed by atoms with Crippen LogP contribution in [0.15, 0.2) is 83.8 Å². The summed E-state index contributed by atoms with van der Waals surface area (Å²) in [5.74, 6) is 0.932. The number of aromatic nitrogens is 5. The standard InChI is InChI=1S/C32H26FN5O2S/c1-20(2)40-27-15-12-23(17-21(27)3)30-24(19-37(36-30)26-7-5-4-6-8-26)18-28-31(39)38-32(41-28)34-29(35-38)16-11-22-9-13-25(33)14-10-22/h4-20H,1-3H3/b16-11+,28-18-. The zero-order valence-electron chi connectivity index (χ0n) is 22.7. The average Bonchev–Trinajstić information content (AvgIpc) is 3.64. The van der Waals surface area contributed by atoms with Gasteiger partial charge in [-0.2, -0.15) is 14.6 Å². The molecular weight excluding hydrogens is 537 g/mol. The second-order valence-electron chi connectivity index (χ2n) is 9.83. The Kier molecular flexibility index (Phi) is 7.03. The second-order valence-corrected chi connectivity index (χ2v) is 10.8. The fraction of sp³-hybridized carbons (Fsp3) is 0.125. The van der Waals surface area contributed by atoms with Gasteiger partial charge in [-0.1, -0.05) is 47.7 Å². The van der Waals surface area contributed by atoms with E-state index in [1.165, 1.54) is 28.0 Å². The predicted molar refractivity (Wildman–Crippen MR) is 161 cm³/mol. The van der Waals surface area contributed by atoms with Crippen LogP contribution < -0.4 is 14.8 Å². The van der Waals surface area contributed by atoms with Crippen molar-refractivity contribution in [1.29, 1.82) is 0 Å². The van der Waals surface area contributed by atoms with Crippen LogP contribution in [0.4, 0.5) is 4.39 Å². The third kappa shape index (κ3) is 5.57. The normalized spacial score (nSPS) is 12.3. The monoisotopic (exact) mass is 563 g/mol. The van der Waals surface area contributed by atoms with Gasteiger partial charge in [0.1, 0.15) is 17.3 Å². The Labute approximate surface area is 239 Å². The molecule has 6 rings (SSSR count). The molecule has 7 nitrogen and oxygen atoms in total. The van der Waals surface area contributed by atoms with Gasteiger partial charge in [-0.3, -0.25) is 4.79 Å². The summed E-state index contributed by atoms with van der Waals surface area (Å²) in [6, 6.07) is 21.9. The number of rotatable bonds is 7. The molecule has 0 aliphatic rings. The Morgan fingerprint density at radius 2 is 1.76 bits per heavy atom. The maximum absolute atomic E-state index is 13.3. The van der Waals surface area contributed by atoms with Crippen molar-refractivity contribution in [3.63, 3.8) is 0 Å². The van der Waals surface area contributed by atoms with E-state index in [1.807, 2.05) is 86.3 Å². The number of benzene rings is 3. The molecule has 3 heterocycles. The van der Waals surface area contributed by atoms with Gasteiger partial charge in [0.25, 0.3) is 5.56 Å². The summed E-state index contributed by atoms with van der Waals surface area (Å²) in [5.41, 5.74) is 4.92. The van der Waals surface area contributed by atoms with E-state index in [-0.39, 0.29) is 17.5 Å². The summed E-state index contributed by atoms with van der Waals surface area (Å²) in [5, 5.41) is 9.27. The number of aryl methyl sites for hydroxylation is 1. The van der Waals surface area contributed by atoms with E-state index < -0.39 is 0 Å². The number of para-hydroxylation sites is 1. The Morgan fingerprint density at radius 3 is 2.46 bits per heavy atom. The van der Waals surface area contributed by atoms with Crippen LogP contribution in [0.5, 0.6) is 5.75 Å². The lowest BCUT2D eigenvalue weighted by molar-refractivity contribution is 0.241. The van der Waals surface area contributed by atoms with Gasteiger partial charge >= 0.3 is 0 Å². The molecule has 41 heavy (non-hydrogen) atoms. The van der Waals surface area contributed by atoms with E-state index in [0.29, 0.717) is 15.3 Å². The Bertz CT molecular complexity index is 1990. The molecule has 0 unspecified atom stereocenters. The van der Waals surface area contributed by atoms with Gasteiger partial charge in [0.05, 0.1) is 16.3 Å². The first kappa shape index (κ1) is 26.3. The molecule has 0 radical (unpaired) electrons. The molecule has 0 spiro atoms. The summed E-state index contributed by atoms with van der Waals surface area (Å²) in [7, 11) is 0. The van der Waals surface area contributed by atoms with Crippen LogP contribution in [0.2, 0.25) is 0 Å². The quantitative estimate of drug-likeness (QED) is 0.240. The summed E-state index contributed by atoms with van der Waals surface area (Å²) in [6.07, 6.45) is 7.31. The predicted octanol–water partition coefficient (Wildman–Crippen LogP) is 5.96. The number of hydrogen-bond acceptors (Lipinski definition) is 6. The van der Waals surface area contributed by atoms with Gasteiger partial charge in [0, 0.05) is 17.3 Å². The van der Waals surface area contributed by atoms with Crippen LogP contribution in [0.1, 0.15) is 36.4 Å². The van der Waals surface area contributed by atoms with Crippen molar-refractivity contribution in [3.05, 3.63) is 122 Å². The van der Waals surface area contributed by atoms with Crippen LogP contribution >= 0.6 is 11.3 Å². The smallest absolute Gasteiger partial charge is 0.291 e. The minimum Gasteiger partial charge on any atom is -0.491 e.